The number of aromatic nitrogens is 1. The molecule has 116 valence electrons. The Hall–Kier alpha value is -1.29. The number of fused-ring (bicyclic) bond motifs is 1. The number of rotatable bonds is 2. The van der Waals surface area contributed by atoms with Crippen molar-refractivity contribution in [2.75, 3.05) is 0 Å². The quantitative estimate of drug-likeness (QED) is 0.550. The Labute approximate surface area is 154 Å². The van der Waals surface area contributed by atoms with E-state index in [0.29, 0.717) is 18.5 Å². The van der Waals surface area contributed by atoms with E-state index >= 15 is 0 Å². The number of terminal acetylenes is 1. The van der Waals surface area contributed by atoms with E-state index in [1.165, 1.54) is 17.4 Å². The molecule has 0 spiro atoms. The first-order valence-corrected chi connectivity index (χ1v) is 9.03. The van der Waals surface area contributed by atoms with Crippen molar-refractivity contribution in [3.63, 3.8) is 0 Å². The van der Waals surface area contributed by atoms with Gasteiger partial charge in [0.05, 0.1) is 31.7 Å². The molecule has 0 aliphatic rings. The molecule has 0 N–H and O–H groups in total. The highest BCUT2D eigenvalue weighted by atomic mass is 35.5. The number of carbonyl (C=O) groups is 1. The van der Waals surface area contributed by atoms with Crippen LogP contribution < -0.4 is 4.80 Å². The SMILES string of the molecule is C#CCn1c(=NC(=O)c2cc(Cl)sc2Cl)sc2cccc(Cl)c21. The van der Waals surface area contributed by atoms with Crippen LogP contribution in [0.2, 0.25) is 13.7 Å². The predicted molar refractivity (Wildman–Crippen MR) is 97.9 cm³/mol. The molecule has 0 fully saturated rings. The Morgan fingerprint density at radius 3 is 2.74 bits per heavy atom. The Kier molecular flexibility index (Phi) is 4.81. The highest BCUT2D eigenvalue weighted by molar-refractivity contribution is 7.20. The average molecular weight is 402 g/mol. The molecule has 0 aliphatic heterocycles. The van der Waals surface area contributed by atoms with E-state index in [2.05, 4.69) is 10.9 Å². The van der Waals surface area contributed by atoms with Gasteiger partial charge in [-0.05, 0) is 18.2 Å². The molecule has 0 saturated carbocycles. The standard InChI is InChI=1S/C15H7Cl3N2OS2/c1-2-6-20-12-9(16)4-3-5-10(12)22-15(20)19-14(21)8-7-11(17)23-13(8)18/h1,3-5,7H,6H2. The average Bonchev–Trinajstić information content (AvgIpc) is 3.01. The van der Waals surface area contributed by atoms with Gasteiger partial charge in [-0.2, -0.15) is 4.99 Å². The van der Waals surface area contributed by atoms with Gasteiger partial charge >= 0.3 is 0 Å². The number of thiophene rings is 1. The van der Waals surface area contributed by atoms with E-state index in [-0.39, 0.29) is 12.1 Å². The maximum atomic E-state index is 12.4. The summed E-state index contributed by atoms with van der Waals surface area (Å²) in [4.78, 5) is 17.0. The van der Waals surface area contributed by atoms with E-state index < -0.39 is 5.91 Å². The fraction of sp³-hybridized carbons (Fsp3) is 0.0667. The second-order valence-corrected chi connectivity index (χ2v) is 8.12. The van der Waals surface area contributed by atoms with Crippen molar-refractivity contribution < 1.29 is 4.79 Å². The lowest BCUT2D eigenvalue weighted by atomic mass is 10.3. The predicted octanol–water partition coefficient (Wildman–Crippen LogP) is 5.10. The fourth-order valence-corrected chi connectivity index (χ4v) is 4.88. The van der Waals surface area contributed by atoms with Crippen LogP contribution in [0.15, 0.2) is 29.3 Å². The smallest absolute Gasteiger partial charge is 0.282 e. The maximum absolute atomic E-state index is 12.4. The van der Waals surface area contributed by atoms with Crippen LogP contribution in [0.5, 0.6) is 0 Å². The summed E-state index contributed by atoms with van der Waals surface area (Å²) < 4.78 is 3.38. The third kappa shape index (κ3) is 3.18. The molecule has 3 aromatic rings. The van der Waals surface area contributed by atoms with Gasteiger partial charge in [-0.15, -0.1) is 17.8 Å². The van der Waals surface area contributed by atoms with Crippen molar-refractivity contribution in [2.45, 2.75) is 6.54 Å². The Morgan fingerprint density at radius 2 is 2.09 bits per heavy atom. The highest BCUT2D eigenvalue weighted by Crippen LogP contribution is 2.31. The molecule has 0 saturated heterocycles. The van der Waals surface area contributed by atoms with Crippen molar-refractivity contribution in [3.05, 3.63) is 48.3 Å². The largest absolute Gasteiger partial charge is 0.303 e. The molecule has 1 amide bonds. The molecule has 0 radical (unpaired) electrons. The zero-order valence-corrected chi connectivity index (χ0v) is 15.2. The van der Waals surface area contributed by atoms with E-state index in [1.807, 2.05) is 12.1 Å². The minimum atomic E-state index is -0.466. The van der Waals surface area contributed by atoms with E-state index in [1.54, 1.807) is 10.6 Å². The minimum absolute atomic E-state index is 0.258. The Balaban J connectivity index is 2.21. The molecule has 0 unspecified atom stereocenters. The normalized spacial score (nSPS) is 11.8. The van der Waals surface area contributed by atoms with Crippen LogP contribution in [0.3, 0.4) is 0 Å². The molecular weight excluding hydrogens is 395 g/mol. The van der Waals surface area contributed by atoms with Crippen LogP contribution >= 0.6 is 57.5 Å². The number of hydrogen-bond donors (Lipinski definition) is 0. The molecule has 8 heteroatoms. The lowest BCUT2D eigenvalue weighted by molar-refractivity contribution is 0.0998. The Morgan fingerprint density at radius 1 is 1.30 bits per heavy atom. The summed E-state index contributed by atoms with van der Waals surface area (Å²) in [5.74, 6) is 2.09. The number of hydrogen-bond acceptors (Lipinski definition) is 3. The van der Waals surface area contributed by atoms with Crippen molar-refractivity contribution >= 4 is 73.6 Å². The van der Waals surface area contributed by atoms with Gasteiger partial charge in [-0.3, -0.25) is 4.79 Å². The second kappa shape index (κ2) is 6.68. The first-order valence-electron chi connectivity index (χ1n) is 6.26. The van der Waals surface area contributed by atoms with Crippen molar-refractivity contribution in [1.29, 1.82) is 0 Å². The van der Waals surface area contributed by atoms with Gasteiger partial charge in [0, 0.05) is 0 Å². The first kappa shape index (κ1) is 16.6. The summed E-state index contributed by atoms with van der Waals surface area (Å²) in [6.07, 6.45) is 5.43. The Bertz CT molecular complexity index is 1020. The van der Waals surface area contributed by atoms with Gasteiger partial charge in [0.15, 0.2) is 4.80 Å². The molecule has 0 bridgehead atoms. The number of amides is 1. The summed E-state index contributed by atoms with van der Waals surface area (Å²) in [5, 5.41) is 0.555. The van der Waals surface area contributed by atoms with E-state index in [9.17, 15) is 4.79 Å². The third-order valence-electron chi connectivity index (χ3n) is 2.99. The van der Waals surface area contributed by atoms with Gasteiger partial charge in [0.2, 0.25) is 0 Å². The number of carbonyl (C=O) groups excluding carboxylic acids is 1. The molecule has 2 aromatic heterocycles. The lowest BCUT2D eigenvalue weighted by Crippen LogP contribution is -2.16. The van der Waals surface area contributed by atoms with Gasteiger partial charge in [-0.25, -0.2) is 0 Å². The number of thiazole rings is 1. The number of halogens is 3. The van der Waals surface area contributed by atoms with Crippen molar-refractivity contribution in [3.8, 4) is 12.3 Å². The van der Waals surface area contributed by atoms with E-state index in [4.69, 9.17) is 41.2 Å². The summed E-state index contributed by atoms with van der Waals surface area (Å²) in [7, 11) is 0. The summed E-state index contributed by atoms with van der Waals surface area (Å²) in [6, 6.07) is 7.01. The second-order valence-electron chi connectivity index (χ2n) is 4.42. The summed E-state index contributed by atoms with van der Waals surface area (Å²) in [6.45, 7) is 0.258. The van der Waals surface area contributed by atoms with Gasteiger partial charge in [0.25, 0.3) is 5.91 Å². The minimum Gasteiger partial charge on any atom is -0.303 e. The monoisotopic (exact) mass is 400 g/mol. The molecule has 2 heterocycles. The summed E-state index contributed by atoms with van der Waals surface area (Å²) in [5.41, 5.74) is 1.04. The van der Waals surface area contributed by atoms with Crippen LogP contribution in [0.25, 0.3) is 10.2 Å². The van der Waals surface area contributed by atoms with Gasteiger partial charge < -0.3 is 4.57 Å². The maximum Gasteiger partial charge on any atom is 0.282 e. The van der Waals surface area contributed by atoms with Crippen molar-refractivity contribution in [1.82, 2.24) is 4.57 Å². The lowest BCUT2D eigenvalue weighted by Gasteiger charge is -2.01. The van der Waals surface area contributed by atoms with Crippen molar-refractivity contribution in [2.24, 2.45) is 4.99 Å². The molecular formula is C15H7Cl3N2OS2. The molecule has 1 aromatic carbocycles. The zero-order chi connectivity index (χ0) is 16.6. The molecule has 0 atom stereocenters. The summed E-state index contributed by atoms with van der Waals surface area (Å²) >= 11 is 20.6. The van der Waals surface area contributed by atoms with Crippen LogP contribution in [-0.4, -0.2) is 10.5 Å². The number of para-hydroxylation sites is 1. The van der Waals surface area contributed by atoms with Crippen LogP contribution in [0.4, 0.5) is 0 Å². The van der Waals surface area contributed by atoms with Crippen LogP contribution in [0.1, 0.15) is 10.4 Å². The number of benzene rings is 1. The third-order valence-corrected chi connectivity index (χ3v) is 5.82. The fourth-order valence-electron chi connectivity index (χ4n) is 2.04. The molecule has 3 rings (SSSR count). The van der Waals surface area contributed by atoms with Gasteiger partial charge in [-0.1, -0.05) is 58.1 Å². The first-order chi connectivity index (χ1) is 11.0. The van der Waals surface area contributed by atoms with Crippen LogP contribution in [0, 0.1) is 12.3 Å². The molecule has 23 heavy (non-hydrogen) atoms. The zero-order valence-electron chi connectivity index (χ0n) is 11.3. The molecule has 0 aliphatic carbocycles. The topological polar surface area (TPSA) is 34.4 Å². The number of nitrogens with zero attached hydrogens (tertiary/aromatic N) is 2. The van der Waals surface area contributed by atoms with Gasteiger partial charge in [0.1, 0.15) is 4.34 Å². The van der Waals surface area contributed by atoms with E-state index in [0.717, 1.165) is 21.6 Å². The van der Waals surface area contributed by atoms with Crippen LogP contribution in [-0.2, 0) is 6.54 Å². The highest BCUT2D eigenvalue weighted by Gasteiger charge is 2.15. The molecule has 3 nitrogen and oxygen atoms in total.